The number of nitrogens with zero attached hydrogens (tertiary/aromatic N) is 2. The third kappa shape index (κ3) is 2.86. The molecule has 106 valence electrons. The van der Waals surface area contributed by atoms with Crippen molar-refractivity contribution < 1.29 is 4.79 Å². The van der Waals surface area contributed by atoms with E-state index in [9.17, 15) is 4.79 Å². The summed E-state index contributed by atoms with van der Waals surface area (Å²) >= 11 is 0. The Morgan fingerprint density at radius 2 is 2.00 bits per heavy atom. The summed E-state index contributed by atoms with van der Waals surface area (Å²) in [5, 5.41) is 6.70. The number of pyridine rings is 1. The predicted molar refractivity (Wildman–Crippen MR) is 83.0 cm³/mol. The molecule has 0 bridgehead atoms. The number of aryl methyl sites for hydroxylation is 1. The quantitative estimate of drug-likeness (QED) is 0.775. The summed E-state index contributed by atoms with van der Waals surface area (Å²) in [6, 6.07) is 13.3. The Morgan fingerprint density at radius 3 is 2.81 bits per heavy atom. The Kier molecular flexibility index (Phi) is 3.55. The minimum atomic E-state index is -0.239. The lowest BCUT2D eigenvalue weighted by Crippen LogP contribution is -2.28. The van der Waals surface area contributed by atoms with Gasteiger partial charge in [-0.1, -0.05) is 24.3 Å². The van der Waals surface area contributed by atoms with Crippen molar-refractivity contribution in [3.63, 3.8) is 0 Å². The fraction of sp³-hybridized carbons (Fsp3) is 0.125. The van der Waals surface area contributed by atoms with Crippen molar-refractivity contribution in [1.82, 2.24) is 14.9 Å². The number of rotatable bonds is 3. The first-order chi connectivity index (χ1) is 10.2. The van der Waals surface area contributed by atoms with E-state index in [0.717, 1.165) is 22.3 Å². The van der Waals surface area contributed by atoms with Crippen molar-refractivity contribution in [2.45, 2.75) is 6.54 Å². The second-order valence-corrected chi connectivity index (χ2v) is 4.80. The molecule has 2 heterocycles. The van der Waals surface area contributed by atoms with E-state index in [0.29, 0.717) is 6.54 Å². The van der Waals surface area contributed by atoms with Gasteiger partial charge in [0.05, 0.1) is 17.9 Å². The largest absolute Gasteiger partial charge is 0.348 e. The Balaban J connectivity index is 1.69. The molecular formula is C16H16N4O. The van der Waals surface area contributed by atoms with Crippen LogP contribution in [0.1, 0.15) is 5.69 Å². The molecule has 0 aliphatic heterocycles. The maximum atomic E-state index is 12.0. The highest BCUT2D eigenvalue weighted by Gasteiger charge is 2.08. The number of hydrogen-bond acceptors (Lipinski definition) is 2. The number of nitrogens with one attached hydrogen (secondary N) is 2. The number of hydrogen-bond donors (Lipinski definition) is 2. The molecule has 3 aromatic rings. The molecule has 5 nitrogen and oxygen atoms in total. The molecular weight excluding hydrogens is 264 g/mol. The van der Waals surface area contributed by atoms with Crippen molar-refractivity contribution in [2.75, 3.05) is 5.32 Å². The summed E-state index contributed by atoms with van der Waals surface area (Å²) in [6.07, 6.45) is 3.62. The average molecular weight is 280 g/mol. The molecule has 0 spiro atoms. The summed E-state index contributed by atoms with van der Waals surface area (Å²) in [7, 11) is 1.96. The van der Waals surface area contributed by atoms with Crippen LogP contribution in [0.5, 0.6) is 0 Å². The molecule has 2 N–H and O–H groups in total. The zero-order chi connectivity index (χ0) is 14.7. The average Bonchev–Trinajstić information content (AvgIpc) is 2.83. The van der Waals surface area contributed by atoms with Crippen molar-refractivity contribution >= 4 is 22.6 Å². The maximum absolute atomic E-state index is 12.0. The van der Waals surface area contributed by atoms with Crippen molar-refractivity contribution in [1.29, 1.82) is 0 Å². The molecule has 0 aliphatic carbocycles. The van der Waals surface area contributed by atoms with Crippen LogP contribution in [0.2, 0.25) is 0 Å². The maximum Gasteiger partial charge on any atom is 0.319 e. The predicted octanol–water partition coefficient (Wildman–Crippen LogP) is 2.90. The van der Waals surface area contributed by atoms with E-state index in [4.69, 9.17) is 0 Å². The Bertz CT molecular complexity index is 764. The number of anilines is 1. The number of para-hydroxylation sites is 1. The number of aromatic nitrogens is 2. The lowest BCUT2D eigenvalue weighted by Gasteiger charge is -2.06. The minimum absolute atomic E-state index is 0.239. The van der Waals surface area contributed by atoms with Gasteiger partial charge in [-0.3, -0.25) is 4.98 Å². The van der Waals surface area contributed by atoms with Gasteiger partial charge in [-0.2, -0.15) is 0 Å². The van der Waals surface area contributed by atoms with Gasteiger partial charge in [-0.25, -0.2) is 4.79 Å². The highest BCUT2D eigenvalue weighted by molar-refractivity contribution is 6.01. The van der Waals surface area contributed by atoms with Gasteiger partial charge in [-0.05, 0) is 18.2 Å². The van der Waals surface area contributed by atoms with Gasteiger partial charge < -0.3 is 15.2 Å². The molecule has 0 saturated heterocycles. The van der Waals surface area contributed by atoms with E-state index in [1.807, 2.05) is 60.3 Å². The van der Waals surface area contributed by atoms with Crippen LogP contribution in [0.15, 0.2) is 54.9 Å². The first-order valence-electron chi connectivity index (χ1n) is 6.73. The van der Waals surface area contributed by atoms with Crippen LogP contribution in [-0.4, -0.2) is 15.6 Å². The normalized spacial score (nSPS) is 10.5. The van der Waals surface area contributed by atoms with E-state index >= 15 is 0 Å². The van der Waals surface area contributed by atoms with Gasteiger partial charge in [-0.15, -0.1) is 0 Å². The molecule has 0 aliphatic rings. The van der Waals surface area contributed by atoms with Crippen molar-refractivity contribution in [3.8, 4) is 0 Å². The van der Waals surface area contributed by atoms with Crippen LogP contribution in [-0.2, 0) is 13.6 Å². The SMILES string of the molecule is Cn1cc(NC(=O)NCc2ccccn2)c2ccccc21. The summed E-state index contributed by atoms with van der Waals surface area (Å²) in [4.78, 5) is 16.1. The molecule has 5 heteroatoms. The smallest absolute Gasteiger partial charge is 0.319 e. The summed E-state index contributed by atoms with van der Waals surface area (Å²) < 4.78 is 1.99. The van der Waals surface area contributed by atoms with Gasteiger partial charge in [0.25, 0.3) is 0 Å². The molecule has 0 saturated carbocycles. The zero-order valence-electron chi connectivity index (χ0n) is 11.7. The number of benzene rings is 1. The summed E-state index contributed by atoms with van der Waals surface area (Å²) in [5.74, 6) is 0. The van der Waals surface area contributed by atoms with Gasteiger partial charge in [0, 0.05) is 30.3 Å². The van der Waals surface area contributed by atoms with E-state index in [-0.39, 0.29) is 6.03 Å². The lowest BCUT2D eigenvalue weighted by molar-refractivity contribution is 0.251. The highest BCUT2D eigenvalue weighted by atomic mass is 16.2. The Morgan fingerprint density at radius 1 is 1.19 bits per heavy atom. The topological polar surface area (TPSA) is 59.0 Å². The fourth-order valence-corrected chi connectivity index (χ4v) is 2.28. The first-order valence-corrected chi connectivity index (χ1v) is 6.73. The van der Waals surface area contributed by atoms with Crippen LogP contribution in [0, 0.1) is 0 Å². The Hall–Kier alpha value is -2.82. The van der Waals surface area contributed by atoms with Crippen molar-refractivity contribution in [2.24, 2.45) is 7.05 Å². The lowest BCUT2D eigenvalue weighted by atomic mass is 10.2. The van der Waals surface area contributed by atoms with Crippen LogP contribution in [0.4, 0.5) is 10.5 Å². The highest BCUT2D eigenvalue weighted by Crippen LogP contribution is 2.24. The van der Waals surface area contributed by atoms with Gasteiger partial charge in [0.15, 0.2) is 0 Å². The van der Waals surface area contributed by atoms with Gasteiger partial charge >= 0.3 is 6.03 Å². The van der Waals surface area contributed by atoms with Crippen LogP contribution in [0.3, 0.4) is 0 Å². The van der Waals surface area contributed by atoms with Crippen LogP contribution in [0.25, 0.3) is 10.9 Å². The minimum Gasteiger partial charge on any atom is -0.348 e. The second kappa shape index (κ2) is 5.66. The Labute approximate surface area is 122 Å². The molecule has 3 rings (SSSR count). The third-order valence-corrected chi connectivity index (χ3v) is 3.30. The van der Waals surface area contributed by atoms with E-state index < -0.39 is 0 Å². The molecule has 0 fully saturated rings. The van der Waals surface area contributed by atoms with Crippen LogP contribution >= 0.6 is 0 Å². The monoisotopic (exact) mass is 280 g/mol. The van der Waals surface area contributed by atoms with Gasteiger partial charge in [0.2, 0.25) is 0 Å². The number of amides is 2. The first kappa shape index (κ1) is 13.2. The summed E-state index contributed by atoms with van der Waals surface area (Å²) in [5.41, 5.74) is 2.70. The second-order valence-electron chi connectivity index (χ2n) is 4.80. The van der Waals surface area contributed by atoms with Crippen LogP contribution < -0.4 is 10.6 Å². The number of urea groups is 1. The molecule has 0 unspecified atom stereocenters. The van der Waals surface area contributed by atoms with E-state index in [1.54, 1.807) is 6.20 Å². The molecule has 2 aromatic heterocycles. The molecule has 21 heavy (non-hydrogen) atoms. The molecule has 0 radical (unpaired) electrons. The molecule has 2 amide bonds. The van der Waals surface area contributed by atoms with E-state index in [1.165, 1.54) is 0 Å². The zero-order valence-corrected chi connectivity index (χ0v) is 11.7. The van der Waals surface area contributed by atoms with E-state index in [2.05, 4.69) is 15.6 Å². The molecule has 1 aromatic carbocycles. The van der Waals surface area contributed by atoms with Crippen molar-refractivity contribution in [3.05, 3.63) is 60.6 Å². The number of carbonyl (C=O) groups excluding carboxylic acids is 1. The standard InChI is InChI=1S/C16H16N4O/c1-20-11-14(13-7-2-3-8-15(13)20)19-16(21)18-10-12-6-4-5-9-17-12/h2-9,11H,10H2,1H3,(H2,18,19,21). The number of carbonyl (C=O) groups is 1. The third-order valence-electron chi connectivity index (χ3n) is 3.30. The summed E-state index contributed by atoms with van der Waals surface area (Å²) in [6.45, 7) is 0.400. The number of fused-ring (bicyclic) bond motifs is 1. The van der Waals surface area contributed by atoms with Gasteiger partial charge in [0.1, 0.15) is 0 Å². The molecule has 0 atom stereocenters. The fourth-order valence-electron chi connectivity index (χ4n) is 2.28.